The molecule has 0 aliphatic heterocycles. The van der Waals surface area contributed by atoms with Gasteiger partial charge in [0.25, 0.3) is 5.56 Å². The Balaban J connectivity index is 0.00000180. The Kier molecular flexibility index (Phi) is 5.40. The van der Waals surface area contributed by atoms with Gasteiger partial charge in [-0.15, -0.1) is 17.5 Å². The second-order valence-corrected chi connectivity index (χ2v) is 3.71. The standard InChI is InChI=1S/C11H13N5O2.ClH/c12-5-6-13-10(17)7-16-11(18)8-3-1-2-4-9(8)14-15-16;/h1-4H,5-7,12H2,(H,13,17);1H. The lowest BCUT2D eigenvalue weighted by atomic mass is 10.2. The summed E-state index contributed by atoms with van der Waals surface area (Å²) in [7, 11) is 0. The normalized spacial score (nSPS) is 9.95. The predicted octanol–water partition coefficient (Wildman–Crippen LogP) is -0.712. The highest BCUT2D eigenvalue weighted by Crippen LogP contribution is 2.02. The molecule has 1 amide bonds. The van der Waals surface area contributed by atoms with E-state index in [1.54, 1.807) is 24.3 Å². The first-order valence-electron chi connectivity index (χ1n) is 5.51. The van der Waals surface area contributed by atoms with Gasteiger partial charge in [-0.3, -0.25) is 9.59 Å². The van der Waals surface area contributed by atoms with E-state index < -0.39 is 0 Å². The molecule has 102 valence electrons. The van der Waals surface area contributed by atoms with Gasteiger partial charge in [0.05, 0.1) is 5.39 Å². The van der Waals surface area contributed by atoms with Crippen LogP contribution in [-0.4, -0.2) is 34.0 Å². The van der Waals surface area contributed by atoms with Gasteiger partial charge >= 0.3 is 0 Å². The van der Waals surface area contributed by atoms with E-state index in [1.165, 1.54) is 0 Å². The maximum Gasteiger partial charge on any atom is 0.278 e. The third-order valence-electron chi connectivity index (χ3n) is 2.39. The number of nitrogens with zero attached hydrogens (tertiary/aromatic N) is 3. The number of rotatable bonds is 4. The van der Waals surface area contributed by atoms with Crippen LogP contribution in [0.4, 0.5) is 0 Å². The number of fused-ring (bicyclic) bond motifs is 1. The molecule has 0 spiro atoms. The summed E-state index contributed by atoms with van der Waals surface area (Å²) in [4.78, 5) is 23.5. The number of amides is 1. The van der Waals surface area contributed by atoms with E-state index >= 15 is 0 Å². The van der Waals surface area contributed by atoms with Crippen molar-refractivity contribution in [2.75, 3.05) is 13.1 Å². The van der Waals surface area contributed by atoms with Crippen molar-refractivity contribution in [3.05, 3.63) is 34.6 Å². The minimum Gasteiger partial charge on any atom is -0.353 e. The van der Waals surface area contributed by atoms with Crippen LogP contribution in [0.5, 0.6) is 0 Å². The van der Waals surface area contributed by atoms with E-state index in [1.807, 2.05) is 0 Å². The maximum absolute atomic E-state index is 12.0. The summed E-state index contributed by atoms with van der Waals surface area (Å²) in [5.74, 6) is -0.313. The first-order chi connectivity index (χ1) is 8.72. The van der Waals surface area contributed by atoms with Crippen molar-refractivity contribution in [3.63, 3.8) is 0 Å². The summed E-state index contributed by atoms with van der Waals surface area (Å²) < 4.78 is 1.04. The van der Waals surface area contributed by atoms with E-state index in [0.717, 1.165) is 4.68 Å². The average molecular weight is 284 g/mol. The molecular weight excluding hydrogens is 270 g/mol. The summed E-state index contributed by atoms with van der Waals surface area (Å²) in [6.07, 6.45) is 0. The number of hydrogen-bond donors (Lipinski definition) is 2. The van der Waals surface area contributed by atoms with Crippen LogP contribution in [0.3, 0.4) is 0 Å². The monoisotopic (exact) mass is 283 g/mol. The molecule has 0 fully saturated rings. The molecule has 0 radical (unpaired) electrons. The van der Waals surface area contributed by atoms with Gasteiger partial charge in [0.1, 0.15) is 12.1 Å². The summed E-state index contributed by atoms with van der Waals surface area (Å²) in [5, 5.41) is 10.6. The van der Waals surface area contributed by atoms with Crippen molar-refractivity contribution in [3.8, 4) is 0 Å². The van der Waals surface area contributed by atoms with Crippen molar-refractivity contribution in [2.24, 2.45) is 5.73 Å². The lowest BCUT2D eigenvalue weighted by Gasteiger charge is -2.05. The lowest BCUT2D eigenvalue weighted by molar-refractivity contribution is -0.121. The van der Waals surface area contributed by atoms with Gasteiger partial charge < -0.3 is 11.1 Å². The van der Waals surface area contributed by atoms with E-state index in [0.29, 0.717) is 24.0 Å². The third kappa shape index (κ3) is 3.49. The third-order valence-corrected chi connectivity index (χ3v) is 2.39. The van der Waals surface area contributed by atoms with E-state index in [9.17, 15) is 9.59 Å². The lowest BCUT2D eigenvalue weighted by Crippen LogP contribution is -2.36. The zero-order chi connectivity index (χ0) is 13.0. The molecule has 1 aromatic carbocycles. The zero-order valence-electron chi connectivity index (χ0n) is 10.1. The SMILES string of the molecule is Cl.NCCNC(=O)Cn1nnc2ccccc2c1=O. The van der Waals surface area contributed by atoms with Crippen LogP contribution in [0.1, 0.15) is 0 Å². The molecular formula is C11H14ClN5O2. The average Bonchev–Trinajstić information content (AvgIpc) is 2.40. The molecule has 1 aromatic heterocycles. The molecule has 0 atom stereocenters. The molecule has 3 N–H and O–H groups in total. The Morgan fingerprint density at radius 1 is 1.37 bits per heavy atom. The molecule has 0 unspecified atom stereocenters. The molecule has 0 saturated heterocycles. The molecule has 0 saturated carbocycles. The van der Waals surface area contributed by atoms with Crippen LogP contribution < -0.4 is 16.6 Å². The molecule has 7 nitrogen and oxygen atoms in total. The van der Waals surface area contributed by atoms with Gasteiger partial charge in [0.15, 0.2) is 0 Å². The van der Waals surface area contributed by atoms with Crippen LogP contribution in [0.25, 0.3) is 10.9 Å². The number of aromatic nitrogens is 3. The topological polar surface area (TPSA) is 103 Å². The second kappa shape index (κ2) is 6.81. The molecule has 2 aromatic rings. The Labute approximate surface area is 115 Å². The highest BCUT2D eigenvalue weighted by Gasteiger charge is 2.08. The number of halogens is 1. The number of benzene rings is 1. The van der Waals surface area contributed by atoms with E-state index in [2.05, 4.69) is 15.6 Å². The van der Waals surface area contributed by atoms with Crippen LogP contribution in [0.15, 0.2) is 29.1 Å². The number of carbonyl (C=O) groups excluding carboxylic acids is 1. The maximum atomic E-state index is 12.0. The molecule has 2 rings (SSSR count). The number of nitrogens with one attached hydrogen (secondary N) is 1. The fourth-order valence-electron chi connectivity index (χ4n) is 1.53. The first-order valence-corrected chi connectivity index (χ1v) is 5.51. The fourth-order valence-corrected chi connectivity index (χ4v) is 1.53. The number of nitrogens with two attached hydrogens (primary N) is 1. The fraction of sp³-hybridized carbons (Fsp3) is 0.273. The van der Waals surface area contributed by atoms with Crippen molar-refractivity contribution in [1.82, 2.24) is 20.3 Å². The Morgan fingerprint density at radius 3 is 2.84 bits per heavy atom. The van der Waals surface area contributed by atoms with Crippen LogP contribution in [0.2, 0.25) is 0 Å². The van der Waals surface area contributed by atoms with Gasteiger partial charge in [-0.05, 0) is 12.1 Å². The number of hydrogen-bond acceptors (Lipinski definition) is 5. The molecule has 19 heavy (non-hydrogen) atoms. The minimum absolute atomic E-state index is 0. The van der Waals surface area contributed by atoms with Gasteiger partial charge in [-0.25, -0.2) is 4.68 Å². The zero-order valence-corrected chi connectivity index (χ0v) is 10.9. The largest absolute Gasteiger partial charge is 0.353 e. The Bertz CT molecular complexity index is 628. The summed E-state index contributed by atoms with van der Waals surface area (Å²) in [5.41, 5.74) is 5.45. The first kappa shape index (κ1) is 15.1. The molecule has 1 heterocycles. The minimum atomic E-state index is -0.330. The molecule has 0 aliphatic carbocycles. The van der Waals surface area contributed by atoms with Gasteiger partial charge in [-0.1, -0.05) is 17.3 Å². The van der Waals surface area contributed by atoms with Gasteiger partial charge in [0, 0.05) is 13.1 Å². The molecule has 0 bridgehead atoms. The summed E-state index contributed by atoms with van der Waals surface area (Å²) in [6.45, 7) is 0.565. The van der Waals surface area contributed by atoms with Crippen molar-refractivity contribution in [1.29, 1.82) is 0 Å². The van der Waals surface area contributed by atoms with Crippen molar-refractivity contribution in [2.45, 2.75) is 6.54 Å². The smallest absolute Gasteiger partial charge is 0.278 e. The summed E-state index contributed by atoms with van der Waals surface area (Å²) in [6, 6.07) is 6.86. The molecule has 0 aliphatic rings. The van der Waals surface area contributed by atoms with Crippen LogP contribution >= 0.6 is 12.4 Å². The van der Waals surface area contributed by atoms with Gasteiger partial charge in [0.2, 0.25) is 5.91 Å². The second-order valence-electron chi connectivity index (χ2n) is 3.71. The van der Waals surface area contributed by atoms with Crippen LogP contribution in [-0.2, 0) is 11.3 Å². The number of carbonyl (C=O) groups is 1. The van der Waals surface area contributed by atoms with Crippen molar-refractivity contribution >= 4 is 29.2 Å². The predicted molar refractivity (Wildman–Crippen MR) is 73.1 cm³/mol. The Morgan fingerprint density at radius 2 is 2.11 bits per heavy atom. The van der Waals surface area contributed by atoms with Crippen LogP contribution in [0, 0.1) is 0 Å². The van der Waals surface area contributed by atoms with E-state index in [4.69, 9.17) is 5.73 Å². The highest BCUT2D eigenvalue weighted by molar-refractivity contribution is 5.85. The summed E-state index contributed by atoms with van der Waals surface area (Å²) >= 11 is 0. The Hall–Kier alpha value is -1.99. The quantitative estimate of drug-likeness (QED) is 0.771. The van der Waals surface area contributed by atoms with Gasteiger partial charge in [-0.2, -0.15) is 0 Å². The molecule has 8 heteroatoms. The van der Waals surface area contributed by atoms with E-state index in [-0.39, 0.29) is 30.4 Å². The highest BCUT2D eigenvalue weighted by atomic mass is 35.5. The van der Waals surface area contributed by atoms with Crippen molar-refractivity contribution < 1.29 is 4.79 Å².